The van der Waals surface area contributed by atoms with Crippen molar-refractivity contribution >= 4 is 5.78 Å². The van der Waals surface area contributed by atoms with Crippen molar-refractivity contribution in [3.63, 3.8) is 0 Å². The largest absolute Gasteiger partial charge is 0.296 e. The van der Waals surface area contributed by atoms with Crippen molar-refractivity contribution in [2.45, 2.75) is 39.8 Å². The Morgan fingerprint density at radius 3 is 2.25 bits per heavy atom. The first-order valence-corrected chi connectivity index (χ1v) is 4.59. The molecule has 0 unspecified atom stereocenters. The highest BCUT2D eigenvalue weighted by molar-refractivity contribution is 5.93. The molecule has 12 heavy (non-hydrogen) atoms. The monoisotopic (exact) mass is 170 g/mol. The molecule has 2 aliphatic carbocycles. The Bertz CT molecular complexity index is 246. The summed E-state index contributed by atoms with van der Waals surface area (Å²) in [5.41, 5.74) is -0.499. The Kier molecular flexibility index (Phi) is 1.31. The first kappa shape index (κ1) is 8.21. The van der Waals surface area contributed by atoms with Gasteiger partial charge in [-0.15, -0.1) is 0 Å². The van der Waals surface area contributed by atoms with E-state index in [9.17, 15) is 9.18 Å². The summed E-state index contributed by atoms with van der Waals surface area (Å²) in [5, 5.41) is 0. The van der Waals surface area contributed by atoms with Crippen LogP contribution in [-0.2, 0) is 4.79 Å². The second-order valence-corrected chi connectivity index (χ2v) is 4.96. The van der Waals surface area contributed by atoms with Gasteiger partial charge in [0.15, 0.2) is 12.0 Å². The van der Waals surface area contributed by atoms with Crippen LogP contribution in [0.15, 0.2) is 0 Å². The van der Waals surface area contributed by atoms with Gasteiger partial charge in [0.1, 0.15) is 0 Å². The van der Waals surface area contributed by atoms with Gasteiger partial charge in [0.2, 0.25) is 0 Å². The normalized spacial score (nSPS) is 50.2. The maximum atomic E-state index is 13.4. The van der Waals surface area contributed by atoms with Crippen LogP contribution in [0.1, 0.15) is 33.6 Å². The van der Waals surface area contributed by atoms with Crippen LogP contribution in [0, 0.1) is 16.7 Å². The molecule has 0 aromatic carbocycles. The molecule has 0 heterocycles. The molecule has 68 valence electrons. The van der Waals surface area contributed by atoms with Gasteiger partial charge in [-0.2, -0.15) is 0 Å². The molecule has 2 heteroatoms. The van der Waals surface area contributed by atoms with E-state index < -0.39 is 6.17 Å². The fourth-order valence-corrected chi connectivity index (χ4v) is 2.98. The van der Waals surface area contributed by atoms with Gasteiger partial charge in [-0.3, -0.25) is 4.79 Å². The average molecular weight is 170 g/mol. The van der Waals surface area contributed by atoms with Crippen molar-refractivity contribution in [2.75, 3.05) is 0 Å². The van der Waals surface area contributed by atoms with Gasteiger partial charge in [-0.25, -0.2) is 4.39 Å². The number of ketones is 1. The molecule has 0 saturated heterocycles. The molecular formula is C10H15FO. The standard InChI is InChI=1S/C10H15FO/c1-9(2)6-4-5-10(9,3)8(12)7(6)11/h6-7H,4-5H2,1-3H3/t6-,7+,10+/m0/s1. The lowest BCUT2D eigenvalue weighted by Gasteiger charge is -2.31. The topological polar surface area (TPSA) is 17.1 Å². The summed E-state index contributed by atoms with van der Waals surface area (Å²) in [5.74, 6) is -0.168. The second kappa shape index (κ2) is 1.91. The third kappa shape index (κ3) is 0.593. The zero-order valence-electron chi connectivity index (χ0n) is 7.86. The molecule has 0 N–H and O–H groups in total. The Hall–Kier alpha value is -0.400. The van der Waals surface area contributed by atoms with Crippen LogP contribution in [0.4, 0.5) is 4.39 Å². The quantitative estimate of drug-likeness (QED) is 0.545. The van der Waals surface area contributed by atoms with Gasteiger partial charge in [-0.05, 0) is 18.3 Å². The van der Waals surface area contributed by atoms with Crippen LogP contribution in [0.25, 0.3) is 0 Å². The molecule has 0 spiro atoms. The lowest BCUT2D eigenvalue weighted by molar-refractivity contribution is -0.132. The Morgan fingerprint density at radius 1 is 1.42 bits per heavy atom. The number of hydrogen-bond donors (Lipinski definition) is 0. The number of carbonyl (C=O) groups is 1. The lowest BCUT2D eigenvalue weighted by Crippen LogP contribution is -2.33. The molecule has 0 radical (unpaired) electrons. The van der Waals surface area contributed by atoms with Crippen molar-refractivity contribution in [1.29, 1.82) is 0 Å². The van der Waals surface area contributed by atoms with Gasteiger partial charge >= 0.3 is 0 Å². The Morgan fingerprint density at radius 2 is 2.00 bits per heavy atom. The van der Waals surface area contributed by atoms with E-state index >= 15 is 0 Å². The summed E-state index contributed by atoms with van der Waals surface area (Å²) in [4.78, 5) is 11.5. The Labute approximate surface area is 72.3 Å². The second-order valence-electron chi connectivity index (χ2n) is 4.96. The van der Waals surface area contributed by atoms with Crippen LogP contribution in [0.3, 0.4) is 0 Å². The zero-order chi connectivity index (χ0) is 9.15. The molecule has 0 aliphatic heterocycles. The fourth-order valence-electron chi connectivity index (χ4n) is 2.98. The van der Waals surface area contributed by atoms with Gasteiger partial charge in [0, 0.05) is 11.3 Å². The molecule has 2 fully saturated rings. The summed E-state index contributed by atoms with van der Waals surface area (Å²) in [6, 6.07) is 0. The van der Waals surface area contributed by atoms with Crippen molar-refractivity contribution in [3.8, 4) is 0 Å². The minimum Gasteiger partial charge on any atom is -0.296 e. The summed E-state index contributed by atoms with van der Waals surface area (Å²) in [6.45, 7) is 5.99. The van der Waals surface area contributed by atoms with E-state index in [0.717, 1.165) is 12.8 Å². The highest BCUT2D eigenvalue weighted by atomic mass is 19.1. The molecule has 0 amide bonds. The minimum absolute atomic E-state index is 0.0185. The Balaban J connectivity index is 2.50. The van der Waals surface area contributed by atoms with E-state index in [1.165, 1.54) is 0 Å². The van der Waals surface area contributed by atoms with Crippen molar-refractivity contribution in [2.24, 2.45) is 16.7 Å². The highest BCUT2D eigenvalue weighted by Crippen LogP contribution is 2.64. The van der Waals surface area contributed by atoms with Crippen molar-refractivity contribution in [1.82, 2.24) is 0 Å². The smallest absolute Gasteiger partial charge is 0.173 e. The summed E-state index contributed by atoms with van der Waals surface area (Å²) < 4.78 is 13.4. The average Bonchev–Trinajstić information content (AvgIpc) is 2.26. The van der Waals surface area contributed by atoms with Crippen molar-refractivity contribution in [3.05, 3.63) is 0 Å². The van der Waals surface area contributed by atoms with E-state index in [-0.39, 0.29) is 22.5 Å². The van der Waals surface area contributed by atoms with E-state index in [2.05, 4.69) is 0 Å². The molecule has 2 bridgehead atoms. The van der Waals surface area contributed by atoms with Gasteiger partial charge in [0.05, 0.1) is 0 Å². The number of fused-ring (bicyclic) bond motifs is 2. The highest BCUT2D eigenvalue weighted by Gasteiger charge is 2.66. The van der Waals surface area contributed by atoms with E-state index in [0.29, 0.717) is 0 Å². The molecule has 2 rings (SSSR count). The van der Waals surface area contributed by atoms with Crippen LogP contribution in [0.5, 0.6) is 0 Å². The van der Waals surface area contributed by atoms with E-state index in [1.54, 1.807) is 0 Å². The molecule has 3 atom stereocenters. The maximum Gasteiger partial charge on any atom is 0.173 e. The predicted molar refractivity (Wildman–Crippen MR) is 44.5 cm³/mol. The summed E-state index contributed by atoms with van der Waals surface area (Å²) in [6.07, 6.45) is 0.582. The summed E-state index contributed by atoms with van der Waals surface area (Å²) in [7, 11) is 0. The molecular weight excluding hydrogens is 155 g/mol. The maximum absolute atomic E-state index is 13.4. The number of carbonyl (C=O) groups excluding carboxylic acids is 1. The molecule has 1 nitrogen and oxygen atoms in total. The van der Waals surface area contributed by atoms with Gasteiger partial charge in [-0.1, -0.05) is 20.8 Å². The summed E-state index contributed by atoms with van der Waals surface area (Å²) >= 11 is 0. The van der Waals surface area contributed by atoms with E-state index in [1.807, 2.05) is 20.8 Å². The predicted octanol–water partition coefficient (Wildman–Crippen LogP) is 2.35. The van der Waals surface area contributed by atoms with Gasteiger partial charge < -0.3 is 0 Å². The number of hydrogen-bond acceptors (Lipinski definition) is 1. The minimum atomic E-state index is -1.18. The number of Topliss-reactive ketones (excluding diaryl/α,β-unsaturated/α-hetero) is 1. The van der Waals surface area contributed by atoms with Gasteiger partial charge in [0.25, 0.3) is 0 Å². The third-order valence-electron chi connectivity index (χ3n) is 4.45. The first-order chi connectivity index (χ1) is 5.41. The molecule has 2 saturated carbocycles. The lowest BCUT2D eigenvalue weighted by atomic mass is 9.70. The van der Waals surface area contributed by atoms with Crippen LogP contribution in [0.2, 0.25) is 0 Å². The van der Waals surface area contributed by atoms with Crippen LogP contribution < -0.4 is 0 Å². The van der Waals surface area contributed by atoms with Crippen molar-refractivity contribution < 1.29 is 9.18 Å². The molecule has 2 aliphatic rings. The number of halogens is 1. The first-order valence-electron chi connectivity index (χ1n) is 4.59. The molecule has 0 aromatic rings. The zero-order valence-corrected chi connectivity index (χ0v) is 7.86. The van der Waals surface area contributed by atoms with Crippen LogP contribution >= 0.6 is 0 Å². The van der Waals surface area contributed by atoms with Crippen LogP contribution in [-0.4, -0.2) is 12.0 Å². The SMILES string of the molecule is CC1(C)[C@H]2CC[C@]1(C)C(=O)[C@@H]2F. The van der Waals surface area contributed by atoms with E-state index in [4.69, 9.17) is 0 Å². The molecule has 0 aromatic heterocycles. The fraction of sp³-hybridized carbons (Fsp3) is 0.900. The third-order valence-corrected chi connectivity index (χ3v) is 4.45. The number of rotatable bonds is 0. The number of alkyl halides is 1.